The number of nitrogens with two attached hydrogens (primary N) is 1. The van der Waals surface area contributed by atoms with Crippen LogP contribution in [0.5, 0.6) is 0 Å². The lowest BCUT2D eigenvalue weighted by Crippen LogP contribution is -2.05. The predicted molar refractivity (Wildman–Crippen MR) is 109 cm³/mol. The van der Waals surface area contributed by atoms with Crippen molar-refractivity contribution in [2.45, 2.75) is 6.42 Å². The summed E-state index contributed by atoms with van der Waals surface area (Å²) < 4.78 is 0. The largest absolute Gasteiger partial charge is 0.405 e. The molecule has 1 heteroatoms. The Morgan fingerprint density at radius 1 is 1.00 bits per heavy atom. The molecular weight excluding hydrogens is 302 g/mol. The van der Waals surface area contributed by atoms with Crippen molar-refractivity contribution in [3.63, 3.8) is 0 Å². The van der Waals surface area contributed by atoms with Gasteiger partial charge in [-0.15, -0.1) is 0 Å². The Morgan fingerprint density at radius 3 is 2.24 bits per heavy atom. The summed E-state index contributed by atoms with van der Waals surface area (Å²) in [6, 6.07) is 20.8. The Hall–Kier alpha value is -3.06. The first-order chi connectivity index (χ1) is 12.3. The molecule has 3 rings (SSSR count). The van der Waals surface area contributed by atoms with E-state index in [1.54, 1.807) is 6.20 Å². The average Bonchev–Trinajstić information content (AvgIpc) is 2.70. The fourth-order valence-electron chi connectivity index (χ4n) is 3.23. The SMILES string of the molecule is C=C/C(=C(\C=C/N)C1C=CC(c2ccccc2)=CC1)c1ccccc1. The van der Waals surface area contributed by atoms with Crippen LogP contribution in [0.15, 0.2) is 109 Å². The summed E-state index contributed by atoms with van der Waals surface area (Å²) in [6.07, 6.45) is 13.3. The van der Waals surface area contributed by atoms with Crippen molar-refractivity contribution in [2.75, 3.05) is 0 Å². The summed E-state index contributed by atoms with van der Waals surface area (Å²) in [5, 5.41) is 0. The van der Waals surface area contributed by atoms with Crippen LogP contribution in [0.1, 0.15) is 17.5 Å². The lowest BCUT2D eigenvalue weighted by atomic mass is 9.84. The van der Waals surface area contributed by atoms with Crippen LogP contribution in [-0.4, -0.2) is 0 Å². The maximum atomic E-state index is 5.74. The second-order valence-corrected chi connectivity index (χ2v) is 6.03. The molecule has 124 valence electrons. The van der Waals surface area contributed by atoms with Crippen LogP contribution in [0.25, 0.3) is 11.1 Å². The Morgan fingerprint density at radius 2 is 1.68 bits per heavy atom. The van der Waals surface area contributed by atoms with Gasteiger partial charge in [0.2, 0.25) is 0 Å². The zero-order valence-electron chi connectivity index (χ0n) is 14.3. The van der Waals surface area contributed by atoms with E-state index in [0.717, 1.165) is 17.6 Å². The highest BCUT2D eigenvalue weighted by molar-refractivity contribution is 5.80. The fourth-order valence-corrected chi connectivity index (χ4v) is 3.23. The van der Waals surface area contributed by atoms with Gasteiger partial charge in [0.05, 0.1) is 0 Å². The van der Waals surface area contributed by atoms with E-state index in [9.17, 15) is 0 Å². The number of benzene rings is 2. The number of allylic oxidation sites excluding steroid dienone is 8. The Balaban J connectivity index is 1.93. The van der Waals surface area contributed by atoms with Crippen LogP contribution in [0.3, 0.4) is 0 Å². The number of rotatable bonds is 5. The molecule has 0 fully saturated rings. The summed E-state index contributed by atoms with van der Waals surface area (Å²) >= 11 is 0. The van der Waals surface area contributed by atoms with Gasteiger partial charge in [-0.25, -0.2) is 0 Å². The van der Waals surface area contributed by atoms with E-state index in [-0.39, 0.29) is 0 Å². The van der Waals surface area contributed by atoms with Crippen molar-refractivity contribution in [1.29, 1.82) is 0 Å². The van der Waals surface area contributed by atoms with Crippen molar-refractivity contribution in [1.82, 2.24) is 0 Å². The van der Waals surface area contributed by atoms with Gasteiger partial charge in [-0.05, 0) is 46.5 Å². The molecule has 1 nitrogen and oxygen atoms in total. The molecule has 0 radical (unpaired) electrons. The van der Waals surface area contributed by atoms with Crippen LogP contribution < -0.4 is 5.73 Å². The van der Waals surface area contributed by atoms with Gasteiger partial charge in [0.15, 0.2) is 0 Å². The highest BCUT2D eigenvalue weighted by Crippen LogP contribution is 2.33. The van der Waals surface area contributed by atoms with Gasteiger partial charge in [-0.3, -0.25) is 0 Å². The third kappa shape index (κ3) is 3.89. The standard InChI is InChI=1S/C24H23N/c1-2-23(21-11-7-4-8-12-21)24(17-18-25)22-15-13-20(14-16-22)19-9-5-3-6-10-19/h2-15,17-18,22H,1,16,25H2/b18-17-,24-23-. The Kier molecular flexibility index (Phi) is 5.48. The first kappa shape index (κ1) is 16.8. The molecule has 0 bridgehead atoms. The normalized spacial score (nSPS) is 17.9. The Labute approximate surface area is 150 Å². The van der Waals surface area contributed by atoms with Gasteiger partial charge in [-0.1, -0.05) is 91.5 Å². The molecule has 0 aliphatic heterocycles. The summed E-state index contributed by atoms with van der Waals surface area (Å²) in [4.78, 5) is 0. The molecule has 2 N–H and O–H groups in total. The van der Waals surface area contributed by atoms with Crippen LogP contribution in [0.4, 0.5) is 0 Å². The van der Waals surface area contributed by atoms with Crippen molar-refractivity contribution >= 4 is 11.1 Å². The molecule has 2 aromatic carbocycles. The van der Waals surface area contributed by atoms with E-state index in [1.807, 2.05) is 36.4 Å². The lowest BCUT2D eigenvalue weighted by molar-refractivity contribution is 0.791. The molecule has 1 aliphatic carbocycles. The zero-order chi connectivity index (χ0) is 17.5. The first-order valence-corrected chi connectivity index (χ1v) is 8.57. The van der Waals surface area contributed by atoms with Gasteiger partial charge in [0.1, 0.15) is 0 Å². The van der Waals surface area contributed by atoms with Crippen molar-refractivity contribution in [3.8, 4) is 0 Å². The van der Waals surface area contributed by atoms with Gasteiger partial charge in [0.25, 0.3) is 0 Å². The highest BCUT2D eigenvalue weighted by Gasteiger charge is 2.16. The first-order valence-electron chi connectivity index (χ1n) is 8.57. The second kappa shape index (κ2) is 8.16. The van der Waals surface area contributed by atoms with Gasteiger partial charge < -0.3 is 5.73 Å². The number of hydrogen-bond donors (Lipinski definition) is 1. The van der Waals surface area contributed by atoms with Crippen LogP contribution in [0.2, 0.25) is 0 Å². The van der Waals surface area contributed by atoms with E-state index in [4.69, 9.17) is 5.73 Å². The summed E-state index contributed by atoms with van der Waals surface area (Å²) in [5.41, 5.74) is 11.8. The summed E-state index contributed by atoms with van der Waals surface area (Å²) in [5.74, 6) is 0.292. The zero-order valence-corrected chi connectivity index (χ0v) is 14.3. The van der Waals surface area contributed by atoms with Crippen molar-refractivity contribution in [3.05, 3.63) is 121 Å². The highest BCUT2D eigenvalue weighted by atomic mass is 14.5. The van der Waals surface area contributed by atoms with Crippen LogP contribution in [0, 0.1) is 5.92 Å². The number of hydrogen-bond acceptors (Lipinski definition) is 1. The average molecular weight is 325 g/mol. The molecule has 25 heavy (non-hydrogen) atoms. The van der Waals surface area contributed by atoms with Gasteiger partial charge in [0, 0.05) is 5.92 Å². The molecule has 0 amide bonds. The topological polar surface area (TPSA) is 26.0 Å². The molecule has 1 unspecified atom stereocenters. The van der Waals surface area contributed by atoms with E-state index >= 15 is 0 Å². The van der Waals surface area contributed by atoms with E-state index in [1.165, 1.54) is 16.7 Å². The maximum Gasteiger partial charge on any atom is 0.00628 e. The summed E-state index contributed by atoms with van der Waals surface area (Å²) in [6.45, 7) is 4.03. The molecule has 0 aromatic heterocycles. The van der Waals surface area contributed by atoms with Gasteiger partial charge in [-0.2, -0.15) is 0 Å². The van der Waals surface area contributed by atoms with Gasteiger partial charge >= 0.3 is 0 Å². The molecule has 0 spiro atoms. The van der Waals surface area contributed by atoms with E-state index < -0.39 is 0 Å². The molecule has 0 heterocycles. The minimum atomic E-state index is 0.292. The lowest BCUT2D eigenvalue weighted by Gasteiger charge is -2.21. The molecule has 1 aliphatic rings. The van der Waals surface area contributed by atoms with E-state index in [0.29, 0.717) is 5.92 Å². The third-order valence-electron chi connectivity index (χ3n) is 4.48. The predicted octanol–water partition coefficient (Wildman–Crippen LogP) is 5.76. The van der Waals surface area contributed by atoms with E-state index in [2.05, 4.69) is 61.2 Å². The van der Waals surface area contributed by atoms with Crippen LogP contribution >= 0.6 is 0 Å². The molecule has 0 saturated carbocycles. The maximum absolute atomic E-state index is 5.74. The fraction of sp³-hybridized carbons (Fsp3) is 0.0833. The van der Waals surface area contributed by atoms with Crippen LogP contribution in [-0.2, 0) is 0 Å². The van der Waals surface area contributed by atoms with Crippen molar-refractivity contribution < 1.29 is 0 Å². The minimum Gasteiger partial charge on any atom is -0.405 e. The molecule has 2 aromatic rings. The third-order valence-corrected chi connectivity index (χ3v) is 4.48. The summed E-state index contributed by atoms with van der Waals surface area (Å²) in [7, 11) is 0. The quantitative estimate of drug-likeness (QED) is 0.695. The monoisotopic (exact) mass is 325 g/mol. The molecule has 0 saturated heterocycles. The minimum absolute atomic E-state index is 0.292. The van der Waals surface area contributed by atoms with Crippen molar-refractivity contribution in [2.24, 2.45) is 11.7 Å². The Bertz CT molecular complexity index is 836. The second-order valence-electron chi connectivity index (χ2n) is 6.03. The smallest absolute Gasteiger partial charge is 0.00628 e. The molecular formula is C24H23N. The molecule has 1 atom stereocenters.